The molecule has 1 aliphatic heterocycles. The van der Waals surface area contributed by atoms with Crippen molar-refractivity contribution in [3.05, 3.63) is 72.9 Å². The summed E-state index contributed by atoms with van der Waals surface area (Å²) < 4.78 is 16.8. The molecule has 7 unspecified atom stereocenters. The second kappa shape index (κ2) is 67.5. The molecule has 0 bridgehead atoms. The van der Waals surface area contributed by atoms with E-state index in [9.17, 15) is 35.1 Å². The van der Waals surface area contributed by atoms with Gasteiger partial charge in [0.15, 0.2) is 6.29 Å². The molecule has 0 aromatic carbocycles. The van der Waals surface area contributed by atoms with Gasteiger partial charge in [-0.15, -0.1) is 0 Å². The van der Waals surface area contributed by atoms with E-state index in [-0.39, 0.29) is 18.5 Å². The second-order valence-corrected chi connectivity index (χ2v) is 26.3. The Kier molecular flexibility index (Phi) is 63.9. The SMILES string of the molecule is CCCC/C=C\C/C=C\CCCCCCCC(=O)OCCCCCCCCCCC/C=C\C/C=C\CCCCCCCCCCCCCCCCCCCC(=O)NC(COC1OC(CO)C(O)C(O)C1O)C(O)/C=C/CC/C=C/CCCCCCCCCCC. The molecule has 11 nitrogen and oxygen atoms in total. The van der Waals surface area contributed by atoms with Crippen molar-refractivity contribution in [3.8, 4) is 0 Å². The summed E-state index contributed by atoms with van der Waals surface area (Å²) in [4.78, 5) is 25.2. The molecule has 11 heteroatoms. The fraction of sp³-hybridized carbons (Fsp3) is 0.823. The molecular formula is C79H143NO10. The van der Waals surface area contributed by atoms with Crippen LogP contribution in [0.15, 0.2) is 72.9 Å². The maximum atomic E-state index is 13.1. The summed E-state index contributed by atoms with van der Waals surface area (Å²) in [6.45, 7) is 4.31. The minimum Gasteiger partial charge on any atom is -0.466 e. The van der Waals surface area contributed by atoms with Gasteiger partial charge in [0, 0.05) is 12.8 Å². The molecule has 0 saturated carbocycles. The van der Waals surface area contributed by atoms with Crippen molar-refractivity contribution in [2.24, 2.45) is 0 Å². The number of hydrogen-bond acceptors (Lipinski definition) is 10. The largest absolute Gasteiger partial charge is 0.466 e. The number of rotatable bonds is 67. The summed E-state index contributed by atoms with van der Waals surface area (Å²) >= 11 is 0. The first kappa shape index (κ1) is 85.1. The van der Waals surface area contributed by atoms with Crippen molar-refractivity contribution < 1.29 is 49.3 Å². The van der Waals surface area contributed by atoms with Crippen LogP contribution in [0.4, 0.5) is 0 Å². The predicted molar refractivity (Wildman–Crippen MR) is 380 cm³/mol. The number of carbonyl (C=O) groups excluding carboxylic acids is 2. The summed E-state index contributed by atoms with van der Waals surface area (Å²) in [6.07, 6.45) is 81.9. The molecule has 6 N–H and O–H groups in total. The Morgan fingerprint density at radius 3 is 1.20 bits per heavy atom. The minimum atomic E-state index is -1.58. The zero-order chi connectivity index (χ0) is 65.1. The maximum absolute atomic E-state index is 13.1. The number of amides is 1. The van der Waals surface area contributed by atoms with Crippen molar-refractivity contribution >= 4 is 11.9 Å². The Balaban J connectivity index is 1.97. The number of nitrogens with one attached hydrogen (secondary N) is 1. The summed E-state index contributed by atoms with van der Waals surface area (Å²) in [5.74, 6) is -0.197. The Bertz CT molecular complexity index is 1730. The lowest BCUT2D eigenvalue weighted by Gasteiger charge is -2.40. The highest BCUT2D eigenvalue weighted by atomic mass is 16.7. The van der Waals surface area contributed by atoms with Crippen LogP contribution in [0, 0.1) is 0 Å². The number of hydrogen-bond donors (Lipinski definition) is 6. The number of carbonyl (C=O) groups is 2. The first-order valence-corrected chi connectivity index (χ1v) is 38.2. The van der Waals surface area contributed by atoms with Gasteiger partial charge in [0.1, 0.15) is 24.4 Å². The lowest BCUT2D eigenvalue weighted by atomic mass is 9.99. The standard InChI is InChI=1S/C79H143NO10/c1-3-5-7-9-11-13-15-17-38-41-45-49-53-57-61-65-72(82)71(70-89-79-78(87)77(86)76(85)73(69-81)90-79)80-74(83)66-62-58-54-50-46-42-39-36-34-32-30-28-26-24-22-20-19-21-23-25-27-29-31-33-35-37-40-44-48-52-56-60-64-68-88-75(84)67-63-59-55-51-47-43-18-16-14-12-10-8-6-4-2/h10,12,16,18,23,25,29,31,45,49,61,65,71-73,76-79,81-82,85-87H,3-9,11,13-15,17,19-22,24,26-28,30,32-44,46-48,50-60,62-64,66-70H2,1-2H3,(H,80,83)/b12-10-,18-16-,25-23-,31-29-,49-45+,65-61+. The third kappa shape index (κ3) is 55.5. The molecular weight excluding hydrogens is 1120 g/mol. The molecule has 1 fully saturated rings. The molecule has 0 spiro atoms. The molecule has 7 atom stereocenters. The van der Waals surface area contributed by atoms with E-state index in [1.165, 1.54) is 257 Å². The molecule has 1 heterocycles. The van der Waals surface area contributed by atoms with Gasteiger partial charge in [0.05, 0.1) is 32.0 Å². The van der Waals surface area contributed by atoms with Crippen LogP contribution in [-0.2, 0) is 23.8 Å². The van der Waals surface area contributed by atoms with Crippen LogP contribution in [0.3, 0.4) is 0 Å². The average Bonchev–Trinajstić information content (AvgIpc) is 1.54. The van der Waals surface area contributed by atoms with Gasteiger partial charge in [0.2, 0.25) is 5.91 Å². The Hall–Kier alpha value is -2.90. The molecule has 524 valence electrons. The zero-order valence-electron chi connectivity index (χ0n) is 58.3. The third-order valence-electron chi connectivity index (χ3n) is 17.8. The van der Waals surface area contributed by atoms with Crippen LogP contribution in [0.25, 0.3) is 0 Å². The number of ether oxygens (including phenoxy) is 3. The topological polar surface area (TPSA) is 175 Å². The molecule has 1 saturated heterocycles. The van der Waals surface area contributed by atoms with Crippen molar-refractivity contribution in [2.75, 3.05) is 19.8 Å². The summed E-state index contributed by atoms with van der Waals surface area (Å²) in [7, 11) is 0. The Morgan fingerprint density at radius 1 is 0.411 bits per heavy atom. The van der Waals surface area contributed by atoms with Crippen LogP contribution < -0.4 is 5.32 Å². The molecule has 90 heavy (non-hydrogen) atoms. The average molecular weight is 1270 g/mol. The van der Waals surface area contributed by atoms with Crippen LogP contribution in [0.1, 0.15) is 354 Å². The number of allylic oxidation sites excluding steroid dienone is 11. The highest BCUT2D eigenvalue weighted by Crippen LogP contribution is 2.23. The smallest absolute Gasteiger partial charge is 0.305 e. The Labute approximate surface area is 553 Å². The van der Waals surface area contributed by atoms with E-state index in [0.717, 1.165) is 70.6 Å². The molecule has 0 aliphatic carbocycles. The molecule has 0 radical (unpaired) electrons. The van der Waals surface area contributed by atoms with E-state index in [1.54, 1.807) is 6.08 Å². The lowest BCUT2D eigenvalue weighted by molar-refractivity contribution is -0.302. The first-order chi connectivity index (χ1) is 44.2. The highest BCUT2D eigenvalue weighted by molar-refractivity contribution is 5.76. The zero-order valence-corrected chi connectivity index (χ0v) is 58.3. The van der Waals surface area contributed by atoms with Gasteiger partial charge < -0.3 is 45.1 Å². The summed E-state index contributed by atoms with van der Waals surface area (Å²) in [6, 6.07) is -0.828. The number of esters is 1. The molecule has 0 aromatic rings. The van der Waals surface area contributed by atoms with Crippen molar-refractivity contribution in [1.29, 1.82) is 0 Å². The van der Waals surface area contributed by atoms with Gasteiger partial charge in [-0.25, -0.2) is 0 Å². The minimum absolute atomic E-state index is 0.00822. The van der Waals surface area contributed by atoms with E-state index >= 15 is 0 Å². The Morgan fingerprint density at radius 2 is 0.767 bits per heavy atom. The van der Waals surface area contributed by atoms with Crippen LogP contribution in [0.5, 0.6) is 0 Å². The second-order valence-electron chi connectivity index (χ2n) is 26.3. The van der Waals surface area contributed by atoms with Gasteiger partial charge in [-0.3, -0.25) is 9.59 Å². The monoisotopic (exact) mass is 1270 g/mol. The van der Waals surface area contributed by atoms with E-state index in [1.807, 2.05) is 6.08 Å². The van der Waals surface area contributed by atoms with E-state index in [0.29, 0.717) is 19.4 Å². The van der Waals surface area contributed by atoms with Gasteiger partial charge in [-0.1, -0.05) is 311 Å². The molecule has 1 amide bonds. The van der Waals surface area contributed by atoms with E-state index in [4.69, 9.17) is 14.2 Å². The van der Waals surface area contributed by atoms with Crippen LogP contribution in [0.2, 0.25) is 0 Å². The van der Waals surface area contributed by atoms with Gasteiger partial charge >= 0.3 is 5.97 Å². The van der Waals surface area contributed by atoms with Crippen LogP contribution >= 0.6 is 0 Å². The fourth-order valence-corrected chi connectivity index (χ4v) is 11.7. The summed E-state index contributed by atoms with van der Waals surface area (Å²) in [5, 5.41) is 54.6. The van der Waals surface area contributed by atoms with Crippen molar-refractivity contribution in [2.45, 2.75) is 397 Å². The van der Waals surface area contributed by atoms with Gasteiger partial charge in [-0.2, -0.15) is 0 Å². The first-order valence-electron chi connectivity index (χ1n) is 38.2. The van der Waals surface area contributed by atoms with E-state index in [2.05, 4.69) is 79.9 Å². The number of aliphatic hydroxyl groups is 5. The lowest BCUT2D eigenvalue weighted by Crippen LogP contribution is -2.60. The molecule has 1 rings (SSSR count). The van der Waals surface area contributed by atoms with Crippen molar-refractivity contribution in [1.82, 2.24) is 5.32 Å². The summed E-state index contributed by atoms with van der Waals surface area (Å²) in [5.41, 5.74) is 0. The normalized spacial score (nSPS) is 18.1. The van der Waals surface area contributed by atoms with Crippen molar-refractivity contribution in [3.63, 3.8) is 0 Å². The molecule has 0 aromatic heterocycles. The quantitative estimate of drug-likeness (QED) is 0.0195. The maximum Gasteiger partial charge on any atom is 0.305 e. The fourth-order valence-electron chi connectivity index (χ4n) is 11.7. The third-order valence-corrected chi connectivity index (χ3v) is 17.8. The van der Waals surface area contributed by atoms with Crippen LogP contribution in [-0.4, -0.2) is 100 Å². The number of aliphatic hydroxyl groups excluding tert-OH is 5. The molecule has 1 aliphatic rings. The highest BCUT2D eigenvalue weighted by Gasteiger charge is 2.44. The number of unbranched alkanes of at least 4 members (excludes halogenated alkanes) is 43. The predicted octanol–water partition coefficient (Wildman–Crippen LogP) is 20.2. The van der Waals surface area contributed by atoms with Gasteiger partial charge in [0.25, 0.3) is 0 Å². The van der Waals surface area contributed by atoms with E-state index < -0.39 is 49.5 Å². The van der Waals surface area contributed by atoms with Gasteiger partial charge in [-0.05, 0) is 103 Å².